The highest BCUT2D eigenvalue weighted by molar-refractivity contribution is 6.23. The molecule has 0 atom stereocenters. The van der Waals surface area contributed by atoms with Crippen molar-refractivity contribution < 1.29 is 0 Å². The summed E-state index contributed by atoms with van der Waals surface area (Å²) in [7, 11) is 0. The molecule has 10 aromatic rings. The zero-order valence-electron chi connectivity index (χ0n) is 28.6. The normalized spacial score (nSPS) is 11.4. The fraction of sp³-hybridized carbons (Fsp3) is 0. The van der Waals surface area contributed by atoms with E-state index in [1.54, 1.807) is 0 Å². The highest BCUT2D eigenvalue weighted by atomic mass is 15.0. The van der Waals surface area contributed by atoms with Crippen LogP contribution >= 0.6 is 0 Å². The summed E-state index contributed by atoms with van der Waals surface area (Å²) in [6.07, 6.45) is 0. The van der Waals surface area contributed by atoms with E-state index in [1.165, 1.54) is 16.3 Å². The summed E-state index contributed by atoms with van der Waals surface area (Å²) in [6.45, 7) is 0. The molecule has 0 N–H and O–H groups in total. The molecule has 0 unspecified atom stereocenters. The van der Waals surface area contributed by atoms with Crippen LogP contribution < -0.4 is 0 Å². The minimum atomic E-state index is 0.600. The van der Waals surface area contributed by atoms with Crippen LogP contribution in [0.5, 0.6) is 0 Å². The van der Waals surface area contributed by atoms with Gasteiger partial charge in [0.25, 0.3) is 0 Å². The van der Waals surface area contributed by atoms with Gasteiger partial charge >= 0.3 is 0 Å². The first-order chi connectivity index (χ1) is 26.3. The van der Waals surface area contributed by atoms with Crippen molar-refractivity contribution in [1.82, 2.24) is 24.5 Å². The summed E-state index contributed by atoms with van der Waals surface area (Å²) in [4.78, 5) is 20.5. The second-order valence-electron chi connectivity index (χ2n) is 13.1. The summed E-state index contributed by atoms with van der Waals surface area (Å²) in [5, 5.41) is 3.50. The predicted molar refractivity (Wildman–Crippen MR) is 217 cm³/mol. The van der Waals surface area contributed by atoms with Crippen LogP contribution in [0, 0.1) is 0 Å². The highest BCUT2D eigenvalue weighted by Gasteiger charge is 2.21. The van der Waals surface area contributed by atoms with E-state index in [-0.39, 0.29) is 0 Å². The van der Waals surface area contributed by atoms with Gasteiger partial charge in [-0.15, -0.1) is 0 Å². The molecule has 248 valence electrons. The Morgan fingerprint density at radius 3 is 1.55 bits per heavy atom. The molecule has 5 heteroatoms. The maximum absolute atomic E-state index is 5.38. The van der Waals surface area contributed by atoms with E-state index in [0.29, 0.717) is 17.5 Å². The number of fused-ring (bicyclic) bond motifs is 5. The summed E-state index contributed by atoms with van der Waals surface area (Å²) >= 11 is 0. The first-order valence-electron chi connectivity index (χ1n) is 17.7. The zero-order valence-corrected chi connectivity index (χ0v) is 28.6. The fourth-order valence-corrected chi connectivity index (χ4v) is 7.34. The minimum absolute atomic E-state index is 0.600. The second kappa shape index (κ2) is 12.8. The van der Waals surface area contributed by atoms with Crippen molar-refractivity contribution in [2.45, 2.75) is 0 Å². The molecule has 3 aromatic heterocycles. The van der Waals surface area contributed by atoms with Gasteiger partial charge in [-0.2, -0.15) is 0 Å². The van der Waals surface area contributed by atoms with Gasteiger partial charge < -0.3 is 4.57 Å². The summed E-state index contributed by atoms with van der Waals surface area (Å²) in [6, 6.07) is 65.0. The van der Waals surface area contributed by atoms with Crippen LogP contribution in [0.25, 0.3) is 94.9 Å². The molecule has 0 saturated carbocycles. The molecule has 3 heterocycles. The topological polar surface area (TPSA) is 56.5 Å². The molecule has 0 aliphatic rings. The molecule has 0 fully saturated rings. The molecule has 0 bridgehead atoms. The molecule has 5 nitrogen and oxygen atoms in total. The number of hydrogen-bond acceptors (Lipinski definition) is 4. The van der Waals surface area contributed by atoms with Crippen molar-refractivity contribution in [3.63, 3.8) is 0 Å². The number of nitrogens with zero attached hydrogens (tertiary/aromatic N) is 5. The average molecular weight is 678 g/mol. The second-order valence-corrected chi connectivity index (χ2v) is 13.1. The maximum Gasteiger partial charge on any atom is 0.164 e. The van der Waals surface area contributed by atoms with Crippen LogP contribution in [-0.2, 0) is 0 Å². The van der Waals surface area contributed by atoms with E-state index in [1.807, 2.05) is 36.4 Å². The Bertz CT molecular complexity index is 2920. The first-order valence-corrected chi connectivity index (χ1v) is 17.7. The third-order valence-electron chi connectivity index (χ3n) is 9.83. The maximum atomic E-state index is 5.38. The summed E-state index contributed by atoms with van der Waals surface area (Å²) in [5.41, 5.74) is 11.2. The molecule has 0 aliphatic carbocycles. The van der Waals surface area contributed by atoms with E-state index in [4.69, 9.17) is 19.9 Å². The van der Waals surface area contributed by atoms with E-state index >= 15 is 0 Å². The molecular formula is C48H31N5. The lowest BCUT2D eigenvalue weighted by Gasteiger charge is -2.13. The molecule has 0 amide bonds. The lowest BCUT2D eigenvalue weighted by atomic mass is 10.0. The lowest BCUT2D eigenvalue weighted by molar-refractivity contribution is 1.07. The first kappa shape index (κ1) is 30.6. The Hall–Kier alpha value is -7.24. The zero-order chi connectivity index (χ0) is 35.1. The van der Waals surface area contributed by atoms with Gasteiger partial charge in [-0.25, -0.2) is 19.9 Å². The Labute approximate surface area is 306 Å². The Kier molecular flexibility index (Phi) is 7.40. The van der Waals surface area contributed by atoms with Gasteiger partial charge in [0.15, 0.2) is 17.5 Å². The number of benzene rings is 7. The van der Waals surface area contributed by atoms with Gasteiger partial charge in [-0.05, 0) is 41.5 Å². The van der Waals surface area contributed by atoms with Crippen molar-refractivity contribution in [3.05, 3.63) is 188 Å². The van der Waals surface area contributed by atoms with Crippen LogP contribution in [0.15, 0.2) is 188 Å². The predicted octanol–water partition coefficient (Wildman–Crippen LogP) is 11.9. The van der Waals surface area contributed by atoms with Gasteiger partial charge in [-0.1, -0.05) is 158 Å². The Balaban J connectivity index is 1.18. The molecule has 0 aliphatic heterocycles. The molecule has 7 aromatic carbocycles. The van der Waals surface area contributed by atoms with Gasteiger partial charge in [0, 0.05) is 44.1 Å². The van der Waals surface area contributed by atoms with Crippen molar-refractivity contribution in [1.29, 1.82) is 0 Å². The van der Waals surface area contributed by atoms with Crippen molar-refractivity contribution >= 4 is 32.7 Å². The minimum Gasteiger partial charge on any atom is -0.307 e. The molecule has 0 radical (unpaired) electrons. The van der Waals surface area contributed by atoms with Gasteiger partial charge in [0.05, 0.1) is 22.2 Å². The lowest BCUT2D eigenvalue weighted by Crippen LogP contribution is -2.01. The third-order valence-corrected chi connectivity index (χ3v) is 9.83. The number of para-hydroxylation sites is 3. The van der Waals surface area contributed by atoms with Crippen molar-refractivity contribution in [2.75, 3.05) is 0 Å². The summed E-state index contributed by atoms with van der Waals surface area (Å²) < 4.78 is 2.35. The number of pyridine rings is 1. The molecule has 0 spiro atoms. The van der Waals surface area contributed by atoms with Gasteiger partial charge in [-0.3, -0.25) is 0 Å². The monoisotopic (exact) mass is 677 g/mol. The quantitative estimate of drug-likeness (QED) is 0.176. The van der Waals surface area contributed by atoms with E-state index in [2.05, 4.69) is 156 Å². The smallest absolute Gasteiger partial charge is 0.164 e. The number of hydrogen-bond donors (Lipinski definition) is 0. The Morgan fingerprint density at radius 2 is 0.830 bits per heavy atom. The van der Waals surface area contributed by atoms with E-state index in [9.17, 15) is 0 Å². The van der Waals surface area contributed by atoms with Crippen LogP contribution in [0.4, 0.5) is 0 Å². The van der Waals surface area contributed by atoms with E-state index < -0.39 is 0 Å². The SMILES string of the molecule is c1ccc(-c2ccc(-c3nc(-c4ccccc4)nc(-c4cccc(-c5nc6ccccc6c6c7ccccc7n(-c7ccccc7)c56)c4)n3)cc2)cc1. The summed E-state index contributed by atoms with van der Waals surface area (Å²) in [5.74, 6) is 1.84. The molecule has 10 rings (SSSR count). The third kappa shape index (κ3) is 5.43. The average Bonchev–Trinajstić information content (AvgIpc) is 3.60. The fourth-order valence-electron chi connectivity index (χ4n) is 7.34. The molecule has 53 heavy (non-hydrogen) atoms. The standard InChI is InChI=1S/C48H31N5/c1-4-15-32(16-5-1)33-27-29-35(30-28-33)47-50-46(34-17-6-2-7-18-34)51-48(52-47)37-20-14-19-36(31-37)44-45-43(39-23-10-12-25-41(39)49-44)40-24-11-13-26-42(40)53(45)38-21-8-3-9-22-38/h1-31H. The van der Waals surface area contributed by atoms with Crippen molar-refractivity contribution in [3.8, 4) is 62.2 Å². The largest absolute Gasteiger partial charge is 0.307 e. The number of aromatic nitrogens is 5. The Morgan fingerprint density at radius 1 is 0.340 bits per heavy atom. The van der Waals surface area contributed by atoms with Crippen LogP contribution in [0.3, 0.4) is 0 Å². The van der Waals surface area contributed by atoms with Crippen LogP contribution in [0.2, 0.25) is 0 Å². The number of rotatable bonds is 6. The van der Waals surface area contributed by atoms with E-state index in [0.717, 1.165) is 61.1 Å². The van der Waals surface area contributed by atoms with Crippen LogP contribution in [0.1, 0.15) is 0 Å². The van der Waals surface area contributed by atoms with Crippen LogP contribution in [-0.4, -0.2) is 24.5 Å². The van der Waals surface area contributed by atoms with Crippen molar-refractivity contribution in [2.24, 2.45) is 0 Å². The van der Waals surface area contributed by atoms with Gasteiger partial charge in [0.2, 0.25) is 0 Å². The van der Waals surface area contributed by atoms with Gasteiger partial charge in [0.1, 0.15) is 0 Å². The molecular weight excluding hydrogens is 647 g/mol. The molecule has 0 saturated heterocycles. The highest BCUT2D eigenvalue weighted by Crippen LogP contribution is 2.41.